The number of hydrogen-bond donors (Lipinski definition) is 0. The van der Waals surface area contributed by atoms with E-state index in [0.29, 0.717) is 0 Å². The van der Waals surface area contributed by atoms with Crippen LogP contribution < -0.4 is 0 Å². The normalized spacial score (nSPS) is 11.4. The first-order valence-corrected chi connectivity index (χ1v) is 15.7. The minimum Gasteiger partial charge on any atom is -0.258 e. The van der Waals surface area contributed by atoms with Crippen LogP contribution in [0.2, 0.25) is 0 Å². The highest BCUT2D eigenvalue weighted by Crippen LogP contribution is 2.15. The molecule has 34 heavy (non-hydrogen) atoms. The summed E-state index contributed by atoms with van der Waals surface area (Å²) in [6, 6.07) is 7.58. The van der Waals surface area contributed by atoms with Crippen molar-refractivity contribution in [1.82, 2.24) is 4.98 Å². The standard InChI is InChI=1S/C33H60N/c1-3-5-7-9-11-13-15-17-19-21-23-25-28-32-30-27-31-33(34-32)29-26-24-22-20-18-16-14-12-10-8-6-4-2/h30-31H,3-26,28-29H2,1-2H3. The van der Waals surface area contributed by atoms with Gasteiger partial charge in [-0.1, -0.05) is 155 Å². The molecule has 1 heteroatoms. The van der Waals surface area contributed by atoms with Gasteiger partial charge in [0.1, 0.15) is 0 Å². The van der Waals surface area contributed by atoms with Crippen molar-refractivity contribution in [3.63, 3.8) is 0 Å². The maximum atomic E-state index is 4.92. The number of pyridine rings is 1. The average molecular weight is 471 g/mol. The number of nitrogens with zero attached hydrogens (tertiary/aromatic N) is 1. The van der Waals surface area contributed by atoms with Crippen molar-refractivity contribution >= 4 is 0 Å². The van der Waals surface area contributed by atoms with Crippen LogP contribution in [0, 0.1) is 6.07 Å². The average Bonchev–Trinajstić information content (AvgIpc) is 2.85. The zero-order valence-corrected chi connectivity index (χ0v) is 23.5. The topological polar surface area (TPSA) is 12.9 Å². The maximum Gasteiger partial charge on any atom is 0.0413 e. The van der Waals surface area contributed by atoms with E-state index in [1.54, 1.807) is 0 Å². The Bertz CT molecular complexity index is 480. The molecule has 0 aliphatic rings. The van der Waals surface area contributed by atoms with E-state index >= 15 is 0 Å². The first-order valence-electron chi connectivity index (χ1n) is 15.7. The summed E-state index contributed by atoms with van der Waals surface area (Å²) in [7, 11) is 0. The van der Waals surface area contributed by atoms with Gasteiger partial charge >= 0.3 is 0 Å². The number of unbranched alkanes of at least 4 members (excludes halogenated alkanes) is 22. The fraction of sp³-hybridized carbons (Fsp3) is 0.848. The largest absolute Gasteiger partial charge is 0.258 e. The van der Waals surface area contributed by atoms with Crippen molar-refractivity contribution in [2.75, 3.05) is 0 Å². The van der Waals surface area contributed by atoms with Gasteiger partial charge in [0.05, 0.1) is 0 Å². The third-order valence-electron chi connectivity index (χ3n) is 7.36. The van der Waals surface area contributed by atoms with E-state index in [0.717, 1.165) is 12.8 Å². The highest BCUT2D eigenvalue weighted by molar-refractivity contribution is 5.10. The molecule has 0 aliphatic heterocycles. The Labute approximate surface area is 215 Å². The Hall–Kier alpha value is -0.850. The molecule has 1 heterocycles. The summed E-state index contributed by atoms with van der Waals surface area (Å²) in [4.78, 5) is 4.92. The third-order valence-corrected chi connectivity index (χ3v) is 7.36. The molecule has 0 unspecified atom stereocenters. The second-order valence-electron chi connectivity index (χ2n) is 10.8. The fourth-order valence-corrected chi connectivity index (χ4v) is 5.03. The molecule has 0 saturated heterocycles. The van der Waals surface area contributed by atoms with Gasteiger partial charge in [-0.25, -0.2) is 0 Å². The van der Waals surface area contributed by atoms with E-state index < -0.39 is 0 Å². The number of aromatic nitrogens is 1. The summed E-state index contributed by atoms with van der Waals surface area (Å²) in [5, 5.41) is 0. The summed E-state index contributed by atoms with van der Waals surface area (Å²) in [5.41, 5.74) is 2.53. The molecule has 0 N–H and O–H groups in total. The molecule has 0 spiro atoms. The molecule has 1 aromatic rings. The van der Waals surface area contributed by atoms with E-state index in [2.05, 4.69) is 32.0 Å². The Morgan fingerprint density at radius 1 is 0.412 bits per heavy atom. The Morgan fingerprint density at radius 3 is 0.971 bits per heavy atom. The zero-order chi connectivity index (χ0) is 24.4. The number of hydrogen-bond acceptors (Lipinski definition) is 1. The van der Waals surface area contributed by atoms with Crippen LogP contribution in [0.4, 0.5) is 0 Å². The van der Waals surface area contributed by atoms with Crippen LogP contribution in [0.5, 0.6) is 0 Å². The van der Waals surface area contributed by atoms with Gasteiger partial charge in [-0.05, 0) is 43.9 Å². The second kappa shape index (κ2) is 25.2. The molecule has 0 fully saturated rings. The molecule has 1 aromatic heterocycles. The van der Waals surface area contributed by atoms with Crippen LogP contribution in [0.25, 0.3) is 0 Å². The number of rotatable bonds is 26. The smallest absolute Gasteiger partial charge is 0.0413 e. The Balaban J connectivity index is 1.91. The fourth-order valence-electron chi connectivity index (χ4n) is 5.03. The molecular weight excluding hydrogens is 410 g/mol. The molecule has 0 aromatic carbocycles. The van der Waals surface area contributed by atoms with E-state index in [1.807, 2.05) is 0 Å². The molecular formula is C33H60N. The van der Waals surface area contributed by atoms with Gasteiger partial charge < -0.3 is 0 Å². The van der Waals surface area contributed by atoms with E-state index in [9.17, 15) is 0 Å². The molecule has 1 nitrogen and oxygen atoms in total. The lowest BCUT2D eigenvalue weighted by atomic mass is 10.0. The lowest BCUT2D eigenvalue weighted by molar-refractivity contribution is 0.542. The van der Waals surface area contributed by atoms with Crippen LogP contribution in [-0.2, 0) is 12.8 Å². The van der Waals surface area contributed by atoms with Crippen LogP contribution in [0.3, 0.4) is 0 Å². The van der Waals surface area contributed by atoms with Gasteiger partial charge in [-0.15, -0.1) is 0 Å². The Kier molecular flexibility index (Phi) is 23.2. The van der Waals surface area contributed by atoms with Crippen LogP contribution in [0.15, 0.2) is 12.1 Å². The quantitative estimate of drug-likeness (QED) is 0.123. The van der Waals surface area contributed by atoms with Crippen LogP contribution in [-0.4, -0.2) is 4.98 Å². The summed E-state index contributed by atoms with van der Waals surface area (Å²) in [6.07, 6.45) is 36.2. The first kappa shape index (κ1) is 31.2. The van der Waals surface area contributed by atoms with Gasteiger partial charge in [0.25, 0.3) is 0 Å². The Morgan fingerprint density at radius 2 is 0.676 bits per heavy atom. The molecule has 197 valence electrons. The van der Waals surface area contributed by atoms with Gasteiger partial charge in [-0.2, -0.15) is 0 Å². The second-order valence-corrected chi connectivity index (χ2v) is 10.8. The van der Waals surface area contributed by atoms with Crippen LogP contribution in [0.1, 0.15) is 179 Å². The SMILES string of the molecule is CCCCCCCCCCCCCCc1c[c]cc(CCCCCCCCCCCCCC)n1. The third kappa shape index (κ3) is 20.5. The lowest BCUT2D eigenvalue weighted by Gasteiger charge is -2.06. The van der Waals surface area contributed by atoms with E-state index in [1.165, 1.54) is 165 Å². The summed E-state index contributed by atoms with van der Waals surface area (Å²) >= 11 is 0. The molecule has 1 radical (unpaired) electrons. The summed E-state index contributed by atoms with van der Waals surface area (Å²) in [5.74, 6) is 0. The van der Waals surface area contributed by atoms with E-state index in [4.69, 9.17) is 4.98 Å². The predicted molar refractivity (Wildman–Crippen MR) is 153 cm³/mol. The molecule has 0 bridgehead atoms. The predicted octanol–water partition coefficient (Wildman–Crippen LogP) is 11.4. The highest BCUT2D eigenvalue weighted by atomic mass is 14.7. The lowest BCUT2D eigenvalue weighted by Crippen LogP contribution is -1.96. The minimum absolute atomic E-state index is 1.14. The van der Waals surface area contributed by atoms with Crippen molar-refractivity contribution in [2.24, 2.45) is 0 Å². The van der Waals surface area contributed by atoms with Gasteiger partial charge in [0.15, 0.2) is 0 Å². The van der Waals surface area contributed by atoms with Gasteiger partial charge in [-0.3, -0.25) is 4.98 Å². The summed E-state index contributed by atoms with van der Waals surface area (Å²) < 4.78 is 0. The van der Waals surface area contributed by atoms with Crippen LogP contribution >= 0.6 is 0 Å². The first-order chi connectivity index (χ1) is 16.9. The number of aryl methyl sites for hydroxylation is 2. The van der Waals surface area contributed by atoms with Gasteiger partial charge in [0.2, 0.25) is 0 Å². The van der Waals surface area contributed by atoms with Crippen molar-refractivity contribution in [3.05, 3.63) is 29.6 Å². The molecule has 0 amide bonds. The van der Waals surface area contributed by atoms with Crippen molar-refractivity contribution < 1.29 is 0 Å². The highest BCUT2D eigenvalue weighted by Gasteiger charge is 2.00. The van der Waals surface area contributed by atoms with Crippen molar-refractivity contribution in [2.45, 2.75) is 181 Å². The minimum atomic E-state index is 1.14. The monoisotopic (exact) mass is 470 g/mol. The van der Waals surface area contributed by atoms with Crippen molar-refractivity contribution in [3.8, 4) is 0 Å². The zero-order valence-electron chi connectivity index (χ0n) is 23.5. The van der Waals surface area contributed by atoms with Crippen molar-refractivity contribution in [1.29, 1.82) is 0 Å². The molecule has 0 atom stereocenters. The van der Waals surface area contributed by atoms with E-state index in [-0.39, 0.29) is 0 Å². The molecule has 0 aliphatic carbocycles. The summed E-state index contributed by atoms with van der Waals surface area (Å²) in [6.45, 7) is 4.59. The maximum absolute atomic E-state index is 4.92. The van der Waals surface area contributed by atoms with Gasteiger partial charge in [0, 0.05) is 11.4 Å². The molecule has 0 saturated carbocycles. The molecule has 1 rings (SSSR count).